The van der Waals surface area contributed by atoms with Crippen molar-refractivity contribution in [2.75, 3.05) is 25.6 Å². The molecule has 0 radical (unpaired) electrons. The highest BCUT2D eigenvalue weighted by molar-refractivity contribution is 8.15. The molecule has 2 amide bonds. The number of nitrogens with zero attached hydrogens (tertiary/aromatic N) is 2. The van der Waals surface area contributed by atoms with E-state index in [4.69, 9.17) is 21.1 Å². The van der Waals surface area contributed by atoms with Crippen molar-refractivity contribution in [3.63, 3.8) is 0 Å². The highest BCUT2D eigenvalue weighted by Gasteiger charge is 2.40. The first-order chi connectivity index (χ1) is 15.5. The molecule has 7 nitrogen and oxygen atoms in total. The molecular weight excluding hydrogens is 450 g/mol. The Morgan fingerprint density at radius 1 is 1.31 bits per heavy atom. The number of hydrogen-bond donors (Lipinski definition) is 1. The number of methoxy groups -OCH3 is 1. The second kappa shape index (κ2) is 10.4. The van der Waals surface area contributed by atoms with E-state index in [2.05, 4.69) is 10.3 Å². The first-order valence-electron chi connectivity index (χ1n) is 10.4. The Labute approximate surface area is 196 Å². The Morgan fingerprint density at radius 3 is 2.81 bits per heavy atom. The van der Waals surface area contributed by atoms with Gasteiger partial charge in [-0.25, -0.2) is 4.99 Å². The van der Waals surface area contributed by atoms with E-state index in [1.807, 2.05) is 24.3 Å². The third-order valence-electron chi connectivity index (χ3n) is 5.21. The number of nitrogens with one attached hydrogen (secondary N) is 1. The standard InChI is InChI=1S/C23H24ClN3O4S/c1-30-18-9-7-16(8-10-18)26-23-27(14-19-6-3-11-31-19)22(29)20(32-23)13-21(28)25-17-5-2-4-15(24)12-17/h2,4-5,7-10,12,19-20H,3,6,11,13-14H2,1H3,(H,25,28). The fourth-order valence-electron chi connectivity index (χ4n) is 3.60. The normalized spacial score (nSPS) is 21.9. The van der Waals surface area contributed by atoms with Crippen molar-refractivity contribution < 1.29 is 19.1 Å². The third-order valence-corrected chi connectivity index (χ3v) is 6.62. The molecular formula is C23H24ClN3O4S. The summed E-state index contributed by atoms with van der Waals surface area (Å²) in [6.07, 6.45) is 1.92. The zero-order chi connectivity index (χ0) is 22.5. The predicted molar refractivity (Wildman–Crippen MR) is 127 cm³/mol. The second-order valence-corrected chi connectivity index (χ2v) is 9.15. The maximum absolute atomic E-state index is 13.2. The largest absolute Gasteiger partial charge is 0.497 e. The number of amidine groups is 1. The molecule has 32 heavy (non-hydrogen) atoms. The first-order valence-corrected chi connectivity index (χ1v) is 11.7. The third kappa shape index (κ3) is 5.62. The van der Waals surface area contributed by atoms with E-state index in [1.54, 1.807) is 36.3 Å². The molecule has 2 unspecified atom stereocenters. The van der Waals surface area contributed by atoms with E-state index >= 15 is 0 Å². The minimum Gasteiger partial charge on any atom is -0.497 e. The van der Waals surface area contributed by atoms with E-state index in [9.17, 15) is 9.59 Å². The number of carbonyl (C=O) groups is 2. The highest BCUT2D eigenvalue weighted by Crippen LogP contribution is 2.33. The fourth-order valence-corrected chi connectivity index (χ4v) is 4.96. The fraction of sp³-hybridized carbons (Fsp3) is 0.348. The zero-order valence-corrected chi connectivity index (χ0v) is 19.2. The van der Waals surface area contributed by atoms with Crippen LogP contribution in [0.15, 0.2) is 53.5 Å². The minimum absolute atomic E-state index is 0.0142. The Hall–Kier alpha value is -2.55. The molecule has 2 fully saturated rings. The van der Waals surface area contributed by atoms with Crippen molar-refractivity contribution in [3.8, 4) is 5.75 Å². The lowest BCUT2D eigenvalue weighted by molar-refractivity contribution is -0.129. The van der Waals surface area contributed by atoms with Gasteiger partial charge < -0.3 is 14.8 Å². The van der Waals surface area contributed by atoms with Gasteiger partial charge in [-0.05, 0) is 55.3 Å². The Kier molecular flexibility index (Phi) is 7.34. The van der Waals surface area contributed by atoms with Crippen LogP contribution in [0.4, 0.5) is 11.4 Å². The van der Waals surface area contributed by atoms with Gasteiger partial charge in [0, 0.05) is 23.7 Å². The number of halogens is 1. The topological polar surface area (TPSA) is 80.2 Å². The highest BCUT2D eigenvalue weighted by atomic mass is 35.5. The number of benzene rings is 2. The lowest BCUT2D eigenvalue weighted by atomic mass is 10.2. The number of hydrogen-bond acceptors (Lipinski definition) is 6. The van der Waals surface area contributed by atoms with Crippen molar-refractivity contribution in [2.24, 2.45) is 4.99 Å². The van der Waals surface area contributed by atoms with Gasteiger partial charge in [0.25, 0.3) is 0 Å². The van der Waals surface area contributed by atoms with Gasteiger partial charge in [0.2, 0.25) is 11.8 Å². The van der Waals surface area contributed by atoms with E-state index in [0.717, 1.165) is 18.6 Å². The molecule has 168 valence electrons. The maximum Gasteiger partial charge on any atom is 0.242 e. The summed E-state index contributed by atoms with van der Waals surface area (Å²) in [6.45, 7) is 1.14. The lowest BCUT2D eigenvalue weighted by Crippen LogP contribution is -2.38. The maximum atomic E-state index is 13.2. The summed E-state index contributed by atoms with van der Waals surface area (Å²) in [4.78, 5) is 32.1. The summed E-state index contributed by atoms with van der Waals surface area (Å²) in [5, 5.41) is 3.37. The van der Waals surface area contributed by atoms with E-state index in [0.29, 0.717) is 34.7 Å². The van der Waals surface area contributed by atoms with Gasteiger partial charge in [0.05, 0.1) is 25.4 Å². The van der Waals surface area contributed by atoms with Gasteiger partial charge in [-0.2, -0.15) is 0 Å². The monoisotopic (exact) mass is 473 g/mol. The molecule has 2 saturated heterocycles. The van der Waals surface area contributed by atoms with Crippen LogP contribution in [0.3, 0.4) is 0 Å². The molecule has 2 heterocycles. The van der Waals surface area contributed by atoms with Crippen LogP contribution in [0.2, 0.25) is 5.02 Å². The quantitative estimate of drug-likeness (QED) is 0.641. The van der Waals surface area contributed by atoms with Crippen molar-refractivity contribution in [1.82, 2.24) is 4.90 Å². The molecule has 1 N–H and O–H groups in total. The minimum atomic E-state index is -0.549. The van der Waals surface area contributed by atoms with Crippen LogP contribution in [0, 0.1) is 0 Å². The van der Waals surface area contributed by atoms with Crippen LogP contribution in [0.1, 0.15) is 19.3 Å². The van der Waals surface area contributed by atoms with Crippen molar-refractivity contribution in [2.45, 2.75) is 30.6 Å². The average molecular weight is 474 g/mol. The molecule has 0 aromatic heterocycles. The second-order valence-electron chi connectivity index (χ2n) is 7.55. The van der Waals surface area contributed by atoms with Gasteiger partial charge in [-0.3, -0.25) is 14.5 Å². The van der Waals surface area contributed by atoms with Gasteiger partial charge in [0.15, 0.2) is 5.17 Å². The number of rotatable bonds is 7. The molecule has 0 aliphatic carbocycles. The average Bonchev–Trinajstić information content (AvgIpc) is 3.39. The lowest BCUT2D eigenvalue weighted by Gasteiger charge is -2.20. The van der Waals surface area contributed by atoms with Crippen LogP contribution >= 0.6 is 23.4 Å². The number of aliphatic imine (C=N–C) groups is 1. The SMILES string of the molecule is COc1ccc(N=C2SC(CC(=O)Nc3cccc(Cl)c3)C(=O)N2CC2CCCO2)cc1. The molecule has 2 aliphatic heterocycles. The summed E-state index contributed by atoms with van der Waals surface area (Å²) < 4.78 is 10.9. The number of ether oxygens (including phenoxy) is 2. The molecule has 9 heteroatoms. The molecule has 2 aliphatic rings. The van der Waals surface area contributed by atoms with Gasteiger partial charge >= 0.3 is 0 Å². The first kappa shape index (κ1) is 22.6. The van der Waals surface area contributed by atoms with Crippen LogP contribution in [0.5, 0.6) is 5.75 Å². The van der Waals surface area contributed by atoms with Gasteiger partial charge in [-0.15, -0.1) is 0 Å². The van der Waals surface area contributed by atoms with E-state index in [1.165, 1.54) is 11.8 Å². The van der Waals surface area contributed by atoms with Crippen molar-refractivity contribution in [1.29, 1.82) is 0 Å². The molecule has 0 spiro atoms. The molecule has 2 aromatic rings. The van der Waals surface area contributed by atoms with E-state index < -0.39 is 5.25 Å². The number of thioether (sulfide) groups is 1. The molecule has 2 atom stereocenters. The molecule has 0 bridgehead atoms. The number of anilines is 1. The Bertz CT molecular complexity index is 1010. The predicted octanol–water partition coefficient (Wildman–Crippen LogP) is 4.49. The van der Waals surface area contributed by atoms with Crippen LogP contribution < -0.4 is 10.1 Å². The number of amides is 2. The Balaban J connectivity index is 1.49. The Morgan fingerprint density at radius 2 is 2.12 bits per heavy atom. The zero-order valence-electron chi connectivity index (χ0n) is 17.6. The van der Waals surface area contributed by atoms with Gasteiger partial charge in [0.1, 0.15) is 11.0 Å². The summed E-state index contributed by atoms with van der Waals surface area (Å²) >= 11 is 7.30. The summed E-state index contributed by atoms with van der Waals surface area (Å²) in [6, 6.07) is 14.2. The summed E-state index contributed by atoms with van der Waals surface area (Å²) in [7, 11) is 1.61. The summed E-state index contributed by atoms with van der Waals surface area (Å²) in [5.41, 5.74) is 1.31. The van der Waals surface area contributed by atoms with Crippen molar-refractivity contribution in [3.05, 3.63) is 53.6 Å². The molecule has 4 rings (SSSR count). The summed E-state index contributed by atoms with van der Waals surface area (Å²) in [5.74, 6) is 0.357. The van der Waals surface area contributed by atoms with E-state index in [-0.39, 0.29) is 24.3 Å². The van der Waals surface area contributed by atoms with Crippen molar-refractivity contribution >= 4 is 51.7 Å². The van der Waals surface area contributed by atoms with Crippen LogP contribution in [-0.2, 0) is 14.3 Å². The number of carbonyl (C=O) groups excluding carboxylic acids is 2. The van der Waals surface area contributed by atoms with Crippen LogP contribution in [-0.4, -0.2) is 53.5 Å². The molecule has 2 aromatic carbocycles. The van der Waals surface area contributed by atoms with Crippen LogP contribution in [0.25, 0.3) is 0 Å². The van der Waals surface area contributed by atoms with Gasteiger partial charge in [-0.1, -0.05) is 29.4 Å². The molecule has 0 saturated carbocycles. The smallest absolute Gasteiger partial charge is 0.242 e.